The van der Waals surface area contributed by atoms with Crippen LogP contribution in [0.15, 0.2) is 42.6 Å². The molecule has 0 radical (unpaired) electrons. The van der Waals surface area contributed by atoms with Gasteiger partial charge in [0.05, 0.1) is 0 Å². The van der Waals surface area contributed by atoms with Gasteiger partial charge in [0.2, 0.25) is 0 Å². The zero-order valence-electron chi connectivity index (χ0n) is 12.2. The number of aryl methyl sites for hydroxylation is 1. The van der Waals surface area contributed by atoms with Crippen molar-refractivity contribution in [3.63, 3.8) is 0 Å². The maximum absolute atomic E-state index is 11.8. The van der Waals surface area contributed by atoms with Gasteiger partial charge in [-0.3, -0.25) is 14.4 Å². The SMILES string of the molecule is CC(=O)c1cccc(NC(=O)C(=O)Nc2ccc(C)cn2)c1. The van der Waals surface area contributed by atoms with Crippen LogP contribution in [0.25, 0.3) is 0 Å². The molecule has 0 fully saturated rings. The molecule has 1 aromatic carbocycles. The third-order valence-corrected chi connectivity index (χ3v) is 2.89. The van der Waals surface area contributed by atoms with Crippen molar-refractivity contribution < 1.29 is 14.4 Å². The molecule has 1 aromatic heterocycles. The lowest BCUT2D eigenvalue weighted by Gasteiger charge is -2.07. The second-order valence-electron chi connectivity index (χ2n) is 4.77. The van der Waals surface area contributed by atoms with Crippen LogP contribution in [0.4, 0.5) is 11.5 Å². The highest BCUT2D eigenvalue weighted by Gasteiger charge is 2.15. The van der Waals surface area contributed by atoms with Crippen LogP contribution in [0.2, 0.25) is 0 Å². The standard InChI is InChI=1S/C16H15N3O3/c1-10-6-7-14(17-9-10)19-16(22)15(21)18-13-5-3-4-12(8-13)11(2)20/h3-9H,1-2H3,(H,18,21)(H,17,19,22). The van der Waals surface area contributed by atoms with E-state index in [1.165, 1.54) is 13.0 Å². The Morgan fingerprint density at radius 1 is 1.00 bits per heavy atom. The number of benzene rings is 1. The van der Waals surface area contributed by atoms with E-state index < -0.39 is 11.8 Å². The second kappa shape index (κ2) is 6.62. The van der Waals surface area contributed by atoms with Gasteiger partial charge in [0.15, 0.2) is 5.78 Å². The molecule has 0 saturated heterocycles. The van der Waals surface area contributed by atoms with Crippen molar-refractivity contribution in [2.45, 2.75) is 13.8 Å². The molecule has 1 heterocycles. The highest BCUT2D eigenvalue weighted by molar-refractivity contribution is 6.43. The zero-order chi connectivity index (χ0) is 16.1. The summed E-state index contributed by atoms with van der Waals surface area (Å²) in [6.07, 6.45) is 1.59. The van der Waals surface area contributed by atoms with Gasteiger partial charge in [-0.2, -0.15) is 0 Å². The number of Topliss-reactive ketones (excluding diaryl/α,β-unsaturated/α-hetero) is 1. The van der Waals surface area contributed by atoms with Gasteiger partial charge in [-0.25, -0.2) is 4.98 Å². The lowest BCUT2D eigenvalue weighted by atomic mass is 10.1. The average Bonchev–Trinajstić information content (AvgIpc) is 2.49. The Bertz CT molecular complexity index is 724. The minimum atomic E-state index is -0.830. The minimum Gasteiger partial charge on any atom is -0.318 e. The number of hydrogen-bond donors (Lipinski definition) is 2. The molecule has 2 amide bonds. The summed E-state index contributed by atoms with van der Waals surface area (Å²) in [5.41, 5.74) is 1.78. The lowest BCUT2D eigenvalue weighted by molar-refractivity contribution is -0.133. The Balaban J connectivity index is 2.02. The molecule has 0 saturated carbocycles. The number of hydrogen-bond acceptors (Lipinski definition) is 4. The number of carbonyl (C=O) groups is 3. The van der Waals surface area contributed by atoms with Crippen molar-refractivity contribution in [3.05, 3.63) is 53.7 Å². The van der Waals surface area contributed by atoms with Crippen molar-refractivity contribution in [2.24, 2.45) is 0 Å². The molecule has 22 heavy (non-hydrogen) atoms. The van der Waals surface area contributed by atoms with E-state index in [-0.39, 0.29) is 5.78 Å². The molecule has 0 aliphatic carbocycles. The van der Waals surface area contributed by atoms with Crippen LogP contribution in [-0.4, -0.2) is 22.6 Å². The number of nitrogens with one attached hydrogen (secondary N) is 2. The maximum Gasteiger partial charge on any atom is 0.315 e. The van der Waals surface area contributed by atoms with Gasteiger partial charge in [-0.05, 0) is 37.6 Å². The molecule has 0 atom stereocenters. The van der Waals surface area contributed by atoms with E-state index in [0.29, 0.717) is 17.1 Å². The van der Waals surface area contributed by atoms with E-state index in [4.69, 9.17) is 0 Å². The van der Waals surface area contributed by atoms with Gasteiger partial charge in [0.25, 0.3) is 0 Å². The number of carbonyl (C=O) groups excluding carboxylic acids is 3. The highest BCUT2D eigenvalue weighted by atomic mass is 16.2. The Kier molecular flexibility index (Phi) is 4.63. The third-order valence-electron chi connectivity index (χ3n) is 2.89. The molecule has 6 heteroatoms. The van der Waals surface area contributed by atoms with Crippen LogP contribution in [0.5, 0.6) is 0 Å². The van der Waals surface area contributed by atoms with Crippen LogP contribution in [-0.2, 0) is 9.59 Å². The first-order valence-corrected chi connectivity index (χ1v) is 6.61. The summed E-state index contributed by atoms with van der Waals surface area (Å²) in [5.74, 6) is -1.49. The number of ketones is 1. The number of amides is 2. The summed E-state index contributed by atoms with van der Waals surface area (Å²) in [5, 5.41) is 4.84. The molecule has 2 aromatic rings. The quantitative estimate of drug-likeness (QED) is 0.671. The molecule has 112 valence electrons. The molecule has 0 bridgehead atoms. The molecule has 0 aliphatic rings. The number of pyridine rings is 1. The van der Waals surface area contributed by atoms with E-state index in [9.17, 15) is 14.4 Å². The monoisotopic (exact) mass is 297 g/mol. The van der Waals surface area contributed by atoms with E-state index in [1.807, 2.05) is 6.92 Å². The Morgan fingerprint density at radius 3 is 2.36 bits per heavy atom. The largest absolute Gasteiger partial charge is 0.318 e. The summed E-state index contributed by atoms with van der Waals surface area (Å²) in [6, 6.07) is 9.76. The average molecular weight is 297 g/mol. The summed E-state index contributed by atoms with van der Waals surface area (Å²) in [6.45, 7) is 3.30. The van der Waals surface area contributed by atoms with Crippen molar-refractivity contribution in [2.75, 3.05) is 10.6 Å². The van der Waals surface area contributed by atoms with E-state index in [0.717, 1.165) is 5.56 Å². The molecular formula is C16H15N3O3. The fourth-order valence-corrected chi connectivity index (χ4v) is 1.72. The van der Waals surface area contributed by atoms with Gasteiger partial charge in [-0.15, -0.1) is 0 Å². The fraction of sp³-hybridized carbons (Fsp3) is 0.125. The predicted octanol–water partition coefficient (Wildman–Crippen LogP) is 2.17. The number of rotatable bonds is 3. The third kappa shape index (κ3) is 3.99. The summed E-state index contributed by atoms with van der Waals surface area (Å²) >= 11 is 0. The van der Waals surface area contributed by atoms with E-state index in [2.05, 4.69) is 15.6 Å². The Morgan fingerprint density at radius 2 is 1.73 bits per heavy atom. The molecule has 0 spiro atoms. The summed E-state index contributed by atoms with van der Waals surface area (Å²) < 4.78 is 0. The van der Waals surface area contributed by atoms with Gasteiger partial charge in [0, 0.05) is 17.4 Å². The van der Waals surface area contributed by atoms with Crippen LogP contribution < -0.4 is 10.6 Å². The van der Waals surface area contributed by atoms with Crippen molar-refractivity contribution in [3.8, 4) is 0 Å². The minimum absolute atomic E-state index is 0.121. The van der Waals surface area contributed by atoms with Gasteiger partial charge < -0.3 is 10.6 Å². The van der Waals surface area contributed by atoms with Gasteiger partial charge in [-0.1, -0.05) is 18.2 Å². The molecule has 2 rings (SSSR count). The molecular weight excluding hydrogens is 282 g/mol. The molecule has 2 N–H and O–H groups in total. The van der Waals surface area contributed by atoms with E-state index >= 15 is 0 Å². The van der Waals surface area contributed by atoms with Crippen molar-refractivity contribution in [1.82, 2.24) is 4.98 Å². The summed E-state index contributed by atoms with van der Waals surface area (Å²) in [7, 11) is 0. The fourth-order valence-electron chi connectivity index (χ4n) is 1.72. The zero-order valence-corrected chi connectivity index (χ0v) is 12.2. The Labute approximate surface area is 127 Å². The van der Waals surface area contributed by atoms with Crippen molar-refractivity contribution >= 4 is 29.1 Å². The van der Waals surface area contributed by atoms with Crippen molar-refractivity contribution in [1.29, 1.82) is 0 Å². The van der Waals surface area contributed by atoms with Crippen LogP contribution in [0, 0.1) is 6.92 Å². The van der Waals surface area contributed by atoms with Crippen LogP contribution in [0.3, 0.4) is 0 Å². The first-order valence-electron chi connectivity index (χ1n) is 6.61. The first kappa shape index (κ1) is 15.4. The van der Waals surface area contributed by atoms with Crippen LogP contribution >= 0.6 is 0 Å². The Hall–Kier alpha value is -3.02. The first-order chi connectivity index (χ1) is 10.5. The summed E-state index contributed by atoms with van der Waals surface area (Å²) in [4.78, 5) is 38.9. The molecule has 0 unspecified atom stereocenters. The molecule has 6 nitrogen and oxygen atoms in total. The molecule has 0 aliphatic heterocycles. The highest BCUT2D eigenvalue weighted by Crippen LogP contribution is 2.11. The van der Waals surface area contributed by atoms with E-state index in [1.54, 1.807) is 36.5 Å². The number of anilines is 2. The predicted molar refractivity (Wildman–Crippen MR) is 82.7 cm³/mol. The van der Waals surface area contributed by atoms with Gasteiger partial charge in [0.1, 0.15) is 5.82 Å². The normalized spacial score (nSPS) is 9.91. The number of nitrogens with zero attached hydrogens (tertiary/aromatic N) is 1. The smallest absolute Gasteiger partial charge is 0.315 e. The maximum atomic E-state index is 11.8. The lowest BCUT2D eigenvalue weighted by Crippen LogP contribution is -2.29. The number of aromatic nitrogens is 1. The van der Waals surface area contributed by atoms with Crippen LogP contribution in [0.1, 0.15) is 22.8 Å². The van der Waals surface area contributed by atoms with Gasteiger partial charge >= 0.3 is 11.8 Å². The second-order valence-corrected chi connectivity index (χ2v) is 4.77. The topological polar surface area (TPSA) is 88.2 Å².